The van der Waals surface area contributed by atoms with E-state index in [1.165, 1.54) is 5.56 Å². The van der Waals surface area contributed by atoms with Gasteiger partial charge in [-0.15, -0.1) is 0 Å². The summed E-state index contributed by atoms with van der Waals surface area (Å²) in [6.45, 7) is 2.71. The second-order valence-electron chi connectivity index (χ2n) is 3.89. The fraction of sp³-hybridized carbons (Fsp3) is 0.462. The van der Waals surface area contributed by atoms with Gasteiger partial charge in [-0.1, -0.05) is 25.5 Å². The molecule has 16 heavy (non-hydrogen) atoms. The van der Waals surface area contributed by atoms with E-state index in [0.29, 0.717) is 13.0 Å². The Morgan fingerprint density at radius 1 is 1.31 bits per heavy atom. The van der Waals surface area contributed by atoms with Crippen molar-refractivity contribution in [3.8, 4) is 0 Å². The number of nitrogens with two attached hydrogens (primary N) is 1. The van der Waals surface area contributed by atoms with Gasteiger partial charge in [0.2, 0.25) is 5.91 Å². The largest absolute Gasteiger partial charge is 0.330 e. The normalized spacial score (nSPS) is 10.1. The van der Waals surface area contributed by atoms with Crippen LogP contribution in [0.5, 0.6) is 0 Å². The third kappa shape index (κ3) is 4.45. The molecule has 0 fully saturated rings. The second kappa shape index (κ2) is 7.01. The van der Waals surface area contributed by atoms with Crippen LogP contribution in [0.2, 0.25) is 0 Å². The number of carbonyl (C=O) groups excluding carboxylic acids is 1. The van der Waals surface area contributed by atoms with E-state index >= 15 is 0 Å². The Morgan fingerprint density at radius 2 is 2.00 bits per heavy atom. The summed E-state index contributed by atoms with van der Waals surface area (Å²) in [5, 5.41) is 2.85. The highest BCUT2D eigenvalue weighted by Crippen LogP contribution is 2.11. The van der Waals surface area contributed by atoms with Crippen LogP contribution in [0.3, 0.4) is 0 Å². The first-order valence-corrected chi connectivity index (χ1v) is 5.85. The van der Waals surface area contributed by atoms with Gasteiger partial charge in [0.25, 0.3) is 0 Å². The van der Waals surface area contributed by atoms with Gasteiger partial charge in [0.15, 0.2) is 0 Å². The number of aryl methyl sites for hydroxylation is 1. The molecule has 3 N–H and O–H groups in total. The molecule has 0 heterocycles. The van der Waals surface area contributed by atoms with E-state index in [-0.39, 0.29) is 5.91 Å². The Morgan fingerprint density at radius 3 is 2.56 bits per heavy atom. The van der Waals surface area contributed by atoms with Gasteiger partial charge in [0, 0.05) is 12.1 Å². The summed E-state index contributed by atoms with van der Waals surface area (Å²) in [6, 6.07) is 8.01. The number of anilines is 1. The Labute approximate surface area is 97.0 Å². The van der Waals surface area contributed by atoms with Gasteiger partial charge < -0.3 is 11.1 Å². The number of rotatable bonds is 6. The van der Waals surface area contributed by atoms with Gasteiger partial charge >= 0.3 is 0 Å². The summed E-state index contributed by atoms with van der Waals surface area (Å²) in [5.74, 6) is 0.0358. The van der Waals surface area contributed by atoms with Crippen LogP contribution in [0.25, 0.3) is 0 Å². The molecule has 1 amide bonds. The maximum Gasteiger partial charge on any atom is 0.224 e. The summed E-state index contributed by atoms with van der Waals surface area (Å²) in [4.78, 5) is 11.4. The molecule has 1 rings (SSSR count). The van der Waals surface area contributed by atoms with E-state index in [4.69, 9.17) is 5.73 Å². The first-order valence-electron chi connectivity index (χ1n) is 5.85. The van der Waals surface area contributed by atoms with Crippen molar-refractivity contribution < 1.29 is 4.79 Å². The molecule has 0 unspecified atom stereocenters. The minimum atomic E-state index is 0.0358. The Hall–Kier alpha value is -1.35. The molecule has 0 saturated heterocycles. The number of hydrogen-bond acceptors (Lipinski definition) is 2. The molecule has 1 aromatic carbocycles. The summed E-state index contributed by atoms with van der Waals surface area (Å²) in [7, 11) is 0. The van der Waals surface area contributed by atoms with E-state index in [1.807, 2.05) is 12.1 Å². The number of carbonyl (C=O) groups is 1. The van der Waals surface area contributed by atoms with Crippen molar-refractivity contribution in [3.63, 3.8) is 0 Å². The fourth-order valence-electron chi connectivity index (χ4n) is 1.53. The molecular formula is C13H20N2O. The van der Waals surface area contributed by atoms with E-state index in [0.717, 1.165) is 24.9 Å². The molecule has 0 bridgehead atoms. The summed E-state index contributed by atoms with van der Waals surface area (Å²) in [6.07, 6.45) is 3.45. The summed E-state index contributed by atoms with van der Waals surface area (Å²) < 4.78 is 0. The Bertz CT molecular complexity index is 319. The van der Waals surface area contributed by atoms with Crippen molar-refractivity contribution in [2.24, 2.45) is 5.73 Å². The van der Waals surface area contributed by atoms with E-state index < -0.39 is 0 Å². The van der Waals surface area contributed by atoms with Gasteiger partial charge in [-0.05, 0) is 37.1 Å². The number of nitrogens with one attached hydrogen (secondary N) is 1. The quantitative estimate of drug-likeness (QED) is 0.773. The van der Waals surface area contributed by atoms with E-state index in [9.17, 15) is 4.79 Å². The lowest BCUT2D eigenvalue weighted by molar-refractivity contribution is -0.116. The van der Waals surface area contributed by atoms with Crippen molar-refractivity contribution in [1.82, 2.24) is 0 Å². The molecule has 0 aliphatic rings. The lowest BCUT2D eigenvalue weighted by atomic mass is 10.1. The van der Waals surface area contributed by atoms with Crippen LogP contribution in [0.15, 0.2) is 24.3 Å². The molecule has 0 spiro atoms. The zero-order chi connectivity index (χ0) is 11.8. The fourth-order valence-corrected chi connectivity index (χ4v) is 1.53. The zero-order valence-electron chi connectivity index (χ0n) is 9.83. The zero-order valence-corrected chi connectivity index (χ0v) is 9.83. The van der Waals surface area contributed by atoms with Gasteiger partial charge in [0.1, 0.15) is 0 Å². The van der Waals surface area contributed by atoms with Gasteiger partial charge in [0.05, 0.1) is 0 Å². The maximum atomic E-state index is 11.4. The number of amides is 1. The van der Waals surface area contributed by atoms with E-state index in [2.05, 4.69) is 24.4 Å². The van der Waals surface area contributed by atoms with Crippen LogP contribution < -0.4 is 11.1 Å². The molecule has 0 aliphatic heterocycles. The monoisotopic (exact) mass is 220 g/mol. The van der Waals surface area contributed by atoms with E-state index in [1.54, 1.807) is 0 Å². The van der Waals surface area contributed by atoms with Crippen LogP contribution in [0.1, 0.15) is 31.7 Å². The molecule has 0 atom stereocenters. The highest BCUT2D eigenvalue weighted by Gasteiger charge is 2.01. The van der Waals surface area contributed by atoms with Crippen LogP contribution in [0, 0.1) is 0 Å². The van der Waals surface area contributed by atoms with Crippen molar-refractivity contribution in [3.05, 3.63) is 29.8 Å². The minimum Gasteiger partial charge on any atom is -0.330 e. The summed E-state index contributed by atoms with van der Waals surface area (Å²) >= 11 is 0. The van der Waals surface area contributed by atoms with Gasteiger partial charge in [-0.2, -0.15) is 0 Å². The molecule has 88 valence electrons. The van der Waals surface area contributed by atoms with Crippen molar-refractivity contribution >= 4 is 11.6 Å². The standard InChI is InChI=1S/C13H20N2O/c1-2-4-11-6-8-12(9-7-11)15-13(16)5-3-10-14/h6-9H,2-5,10,14H2,1H3,(H,15,16). The van der Waals surface area contributed by atoms with Crippen molar-refractivity contribution in [2.75, 3.05) is 11.9 Å². The summed E-state index contributed by atoms with van der Waals surface area (Å²) in [5.41, 5.74) is 7.51. The lowest BCUT2D eigenvalue weighted by Crippen LogP contribution is -2.13. The molecular weight excluding hydrogens is 200 g/mol. The third-order valence-corrected chi connectivity index (χ3v) is 2.38. The van der Waals surface area contributed by atoms with Gasteiger partial charge in [-0.25, -0.2) is 0 Å². The minimum absolute atomic E-state index is 0.0358. The Kier molecular flexibility index (Phi) is 5.57. The van der Waals surface area contributed by atoms with Crippen LogP contribution in [-0.2, 0) is 11.2 Å². The van der Waals surface area contributed by atoms with Gasteiger partial charge in [-0.3, -0.25) is 4.79 Å². The number of benzene rings is 1. The predicted molar refractivity (Wildman–Crippen MR) is 67.4 cm³/mol. The molecule has 3 heteroatoms. The molecule has 3 nitrogen and oxygen atoms in total. The highest BCUT2D eigenvalue weighted by atomic mass is 16.1. The maximum absolute atomic E-state index is 11.4. The first-order chi connectivity index (χ1) is 7.76. The smallest absolute Gasteiger partial charge is 0.224 e. The van der Waals surface area contributed by atoms with Crippen molar-refractivity contribution in [1.29, 1.82) is 0 Å². The molecule has 0 aliphatic carbocycles. The lowest BCUT2D eigenvalue weighted by Gasteiger charge is -2.05. The topological polar surface area (TPSA) is 55.1 Å². The molecule has 1 aromatic rings. The third-order valence-electron chi connectivity index (χ3n) is 2.38. The average molecular weight is 220 g/mol. The molecule has 0 saturated carbocycles. The first kappa shape index (κ1) is 12.7. The average Bonchev–Trinajstić information content (AvgIpc) is 2.29. The SMILES string of the molecule is CCCc1ccc(NC(=O)CCCN)cc1. The van der Waals surface area contributed by atoms with Crippen LogP contribution in [0.4, 0.5) is 5.69 Å². The van der Waals surface area contributed by atoms with Crippen molar-refractivity contribution in [2.45, 2.75) is 32.6 Å². The highest BCUT2D eigenvalue weighted by molar-refractivity contribution is 5.90. The number of hydrogen-bond donors (Lipinski definition) is 2. The van der Waals surface area contributed by atoms with Crippen LogP contribution >= 0.6 is 0 Å². The molecule has 0 aromatic heterocycles. The molecule has 0 radical (unpaired) electrons. The Balaban J connectivity index is 2.45. The predicted octanol–water partition coefficient (Wildman–Crippen LogP) is 2.32. The van der Waals surface area contributed by atoms with Crippen LogP contribution in [-0.4, -0.2) is 12.5 Å². The second-order valence-corrected chi connectivity index (χ2v) is 3.89.